The fourth-order valence-corrected chi connectivity index (χ4v) is 2.41. The molecule has 0 aliphatic heterocycles. The van der Waals surface area contributed by atoms with E-state index in [-0.39, 0.29) is 5.84 Å². The lowest BCUT2D eigenvalue weighted by Gasteiger charge is -2.13. The highest BCUT2D eigenvalue weighted by molar-refractivity contribution is 5.98. The maximum absolute atomic E-state index is 7.79. The summed E-state index contributed by atoms with van der Waals surface area (Å²) in [5, 5.41) is 7.79. The van der Waals surface area contributed by atoms with Gasteiger partial charge in [-0.3, -0.25) is 5.41 Å². The van der Waals surface area contributed by atoms with Gasteiger partial charge < -0.3 is 15.2 Å². The van der Waals surface area contributed by atoms with E-state index in [1.54, 1.807) is 12.1 Å². The lowest BCUT2D eigenvalue weighted by Crippen LogP contribution is -2.13. The first kappa shape index (κ1) is 16.6. The van der Waals surface area contributed by atoms with Crippen molar-refractivity contribution in [2.45, 2.75) is 13.2 Å². The molecule has 4 nitrogen and oxygen atoms in total. The van der Waals surface area contributed by atoms with E-state index in [0.717, 1.165) is 11.1 Å². The van der Waals surface area contributed by atoms with E-state index in [0.29, 0.717) is 30.3 Å². The number of ether oxygens (including phenoxy) is 2. The molecule has 0 fully saturated rings. The van der Waals surface area contributed by atoms with Crippen LogP contribution in [0.15, 0.2) is 78.9 Å². The third-order valence-corrected chi connectivity index (χ3v) is 3.73. The molecule has 0 radical (unpaired) electrons. The summed E-state index contributed by atoms with van der Waals surface area (Å²) in [5.41, 5.74) is 8.37. The van der Waals surface area contributed by atoms with Crippen LogP contribution in [0.2, 0.25) is 0 Å². The quantitative estimate of drug-likeness (QED) is 0.505. The third-order valence-electron chi connectivity index (χ3n) is 3.73. The Hall–Kier alpha value is -3.27. The summed E-state index contributed by atoms with van der Waals surface area (Å²) in [6.07, 6.45) is 0. The van der Waals surface area contributed by atoms with Crippen LogP contribution >= 0.6 is 0 Å². The molecule has 0 saturated carbocycles. The van der Waals surface area contributed by atoms with Gasteiger partial charge in [0.05, 0.1) is 5.56 Å². The highest BCUT2D eigenvalue weighted by Crippen LogP contribution is 2.25. The number of benzene rings is 3. The van der Waals surface area contributed by atoms with Crippen LogP contribution in [0.3, 0.4) is 0 Å². The number of nitrogen functional groups attached to an aromatic ring is 1. The molecule has 0 aliphatic rings. The second-order valence-corrected chi connectivity index (χ2v) is 5.62. The Morgan fingerprint density at radius 1 is 0.760 bits per heavy atom. The molecular weight excluding hydrogens is 312 g/mol. The molecule has 0 atom stereocenters. The first-order chi connectivity index (χ1) is 12.2. The molecule has 3 aromatic rings. The van der Waals surface area contributed by atoms with E-state index in [4.69, 9.17) is 20.6 Å². The van der Waals surface area contributed by atoms with Gasteiger partial charge in [0.25, 0.3) is 0 Å². The Labute approximate surface area is 147 Å². The van der Waals surface area contributed by atoms with Gasteiger partial charge in [0.1, 0.15) is 30.5 Å². The molecule has 0 amide bonds. The molecule has 4 heteroatoms. The maximum Gasteiger partial charge on any atom is 0.130 e. The second kappa shape index (κ2) is 8.02. The second-order valence-electron chi connectivity index (χ2n) is 5.62. The Kier molecular flexibility index (Phi) is 5.32. The zero-order chi connectivity index (χ0) is 17.5. The molecule has 0 bridgehead atoms. The molecule has 0 aliphatic carbocycles. The molecule has 3 aromatic carbocycles. The lowest BCUT2D eigenvalue weighted by atomic mass is 10.1. The van der Waals surface area contributed by atoms with Crippen molar-refractivity contribution in [2.24, 2.45) is 5.73 Å². The topological polar surface area (TPSA) is 68.3 Å². The number of hydrogen-bond donors (Lipinski definition) is 2. The van der Waals surface area contributed by atoms with Crippen LogP contribution in [0.5, 0.6) is 11.5 Å². The standard InChI is InChI=1S/C21H20N2O2/c22-21(23)19-13-18(24-14-16-7-3-1-4-8-16)11-12-20(19)25-15-17-9-5-2-6-10-17/h1-13H,14-15H2,(H3,22,23). The van der Waals surface area contributed by atoms with Gasteiger partial charge in [-0.05, 0) is 29.3 Å². The van der Waals surface area contributed by atoms with E-state index in [1.807, 2.05) is 66.7 Å². The monoisotopic (exact) mass is 332 g/mol. The van der Waals surface area contributed by atoms with Crippen LogP contribution < -0.4 is 15.2 Å². The Morgan fingerprint density at radius 2 is 1.32 bits per heavy atom. The van der Waals surface area contributed by atoms with Gasteiger partial charge in [0.2, 0.25) is 0 Å². The van der Waals surface area contributed by atoms with Crippen molar-refractivity contribution in [3.05, 3.63) is 95.6 Å². The first-order valence-corrected chi connectivity index (χ1v) is 8.04. The van der Waals surface area contributed by atoms with Gasteiger partial charge in [0, 0.05) is 0 Å². The molecule has 0 unspecified atom stereocenters. The van der Waals surface area contributed by atoms with Crippen molar-refractivity contribution in [1.29, 1.82) is 5.41 Å². The average molecular weight is 332 g/mol. The molecule has 25 heavy (non-hydrogen) atoms. The summed E-state index contributed by atoms with van der Waals surface area (Å²) in [6, 6.07) is 25.2. The van der Waals surface area contributed by atoms with Crippen molar-refractivity contribution >= 4 is 5.84 Å². The summed E-state index contributed by atoms with van der Waals surface area (Å²) in [7, 11) is 0. The molecule has 0 heterocycles. The van der Waals surface area contributed by atoms with Crippen LogP contribution in [0.1, 0.15) is 16.7 Å². The van der Waals surface area contributed by atoms with Gasteiger partial charge in [0.15, 0.2) is 0 Å². The highest BCUT2D eigenvalue weighted by atomic mass is 16.5. The van der Waals surface area contributed by atoms with Crippen molar-refractivity contribution in [3.8, 4) is 11.5 Å². The van der Waals surface area contributed by atoms with Crippen molar-refractivity contribution < 1.29 is 9.47 Å². The van der Waals surface area contributed by atoms with Gasteiger partial charge >= 0.3 is 0 Å². The van der Waals surface area contributed by atoms with E-state index >= 15 is 0 Å². The zero-order valence-electron chi connectivity index (χ0n) is 13.8. The lowest BCUT2D eigenvalue weighted by molar-refractivity contribution is 0.297. The zero-order valence-corrected chi connectivity index (χ0v) is 13.8. The van der Waals surface area contributed by atoms with Gasteiger partial charge in [-0.2, -0.15) is 0 Å². The van der Waals surface area contributed by atoms with Crippen LogP contribution in [0, 0.1) is 5.41 Å². The molecular formula is C21H20N2O2. The van der Waals surface area contributed by atoms with Crippen LogP contribution in [-0.2, 0) is 13.2 Å². The van der Waals surface area contributed by atoms with Crippen molar-refractivity contribution in [3.63, 3.8) is 0 Å². The van der Waals surface area contributed by atoms with Crippen molar-refractivity contribution in [1.82, 2.24) is 0 Å². The SMILES string of the molecule is N=C(N)c1cc(OCc2ccccc2)ccc1OCc1ccccc1. The predicted octanol–water partition coefficient (Wildman–Crippen LogP) is 4.13. The first-order valence-electron chi connectivity index (χ1n) is 8.04. The molecule has 0 spiro atoms. The van der Waals surface area contributed by atoms with Gasteiger partial charge in [-0.1, -0.05) is 60.7 Å². The minimum absolute atomic E-state index is 0.0479. The third kappa shape index (κ3) is 4.61. The van der Waals surface area contributed by atoms with Gasteiger partial charge in [-0.25, -0.2) is 0 Å². The normalized spacial score (nSPS) is 10.2. The summed E-state index contributed by atoms with van der Waals surface area (Å²) >= 11 is 0. The molecule has 3 N–H and O–H groups in total. The molecule has 0 saturated heterocycles. The number of nitrogens with one attached hydrogen (secondary N) is 1. The Morgan fingerprint density at radius 3 is 1.88 bits per heavy atom. The average Bonchev–Trinajstić information content (AvgIpc) is 2.66. The fourth-order valence-electron chi connectivity index (χ4n) is 2.41. The van der Waals surface area contributed by atoms with E-state index in [9.17, 15) is 0 Å². The summed E-state index contributed by atoms with van der Waals surface area (Å²) < 4.78 is 11.6. The Bertz CT molecular complexity index is 833. The molecule has 126 valence electrons. The van der Waals surface area contributed by atoms with Crippen LogP contribution in [-0.4, -0.2) is 5.84 Å². The largest absolute Gasteiger partial charge is 0.489 e. The summed E-state index contributed by atoms with van der Waals surface area (Å²) in [4.78, 5) is 0. The van der Waals surface area contributed by atoms with E-state index in [2.05, 4.69) is 0 Å². The predicted molar refractivity (Wildman–Crippen MR) is 99.0 cm³/mol. The summed E-state index contributed by atoms with van der Waals surface area (Å²) in [5.74, 6) is 1.18. The number of hydrogen-bond acceptors (Lipinski definition) is 3. The smallest absolute Gasteiger partial charge is 0.130 e. The van der Waals surface area contributed by atoms with Gasteiger partial charge in [-0.15, -0.1) is 0 Å². The van der Waals surface area contributed by atoms with E-state index < -0.39 is 0 Å². The number of rotatable bonds is 7. The van der Waals surface area contributed by atoms with E-state index in [1.165, 1.54) is 0 Å². The van der Waals surface area contributed by atoms with Crippen LogP contribution in [0.4, 0.5) is 0 Å². The number of amidine groups is 1. The molecule has 3 rings (SSSR count). The van der Waals surface area contributed by atoms with Crippen molar-refractivity contribution in [2.75, 3.05) is 0 Å². The molecule has 0 aromatic heterocycles. The minimum Gasteiger partial charge on any atom is -0.489 e. The fraction of sp³-hybridized carbons (Fsp3) is 0.0952. The Balaban J connectivity index is 1.70. The highest BCUT2D eigenvalue weighted by Gasteiger charge is 2.09. The number of nitrogens with two attached hydrogens (primary N) is 1. The maximum atomic E-state index is 7.79. The minimum atomic E-state index is -0.0479. The summed E-state index contributed by atoms with van der Waals surface area (Å²) in [6.45, 7) is 0.883. The van der Waals surface area contributed by atoms with Crippen LogP contribution in [0.25, 0.3) is 0 Å².